The number of ether oxygens (including phenoxy) is 1. The Morgan fingerprint density at radius 1 is 0.800 bits per heavy atom. The molecule has 1 aliphatic heterocycles. The van der Waals surface area contributed by atoms with Gasteiger partial charge in [0.25, 0.3) is 0 Å². The lowest BCUT2D eigenvalue weighted by atomic mass is 9.89. The number of fused-ring (bicyclic) bond motifs is 5. The normalized spacial score (nSPS) is 12.4. The second kappa shape index (κ2) is 5.79. The average Bonchev–Trinajstić information content (AvgIpc) is 2.71. The third-order valence-electron chi connectivity index (χ3n) is 6.45. The Morgan fingerprint density at radius 2 is 1.63 bits per heavy atom. The molecule has 146 valence electrons. The number of halogens is 1. The molecule has 3 heteroatoms. The Hall–Kier alpha value is -3.46. The van der Waals surface area contributed by atoms with Crippen molar-refractivity contribution in [2.75, 3.05) is 0 Å². The lowest BCUT2D eigenvalue weighted by Crippen LogP contribution is -2.31. The van der Waals surface area contributed by atoms with Gasteiger partial charge in [0.05, 0.1) is 10.9 Å². The zero-order valence-electron chi connectivity index (χ0n) is 17.4. The summed E-state index contributed by atoms with van der Waals surface area (Å²) in [6.07, 6.45) is 2.06. The molecule has 0 amide bonds. The van der Waals surface area contributed by atoms with Gasteiger partial charge in [-0.3, -0.25) is 0 Å². The van der Waals surface area contributed by atoms with Gasteiger partial charge in [0.2, 0.25) is 5.69 Å². The molecule has 6 rings (SSSR count). The summed E-state index contributed by atoms with van der Waals surface area (Å²) in [6.45, 7) is 6.47. The van der Waals surface area contributed by atoms with Gasteiger partial charge in [-0.05, 0) is 77.7 Å². The molecule has 2 nitrogen and oxygen atoms in total. The van der Waals surface area contributed by atoms with E-state index in [1.54, 1.807) is 6.07 Å². The van der Waals surface area contributed by atoms with Crippen molar-refractivity contribution in [2.45, 2.75) is 20.8 Å². The molecule has 0 atom stereocenters. The number of nitrogens with zero attached hydrogens (tertiary/aromatic N) is 1. The Bertz CT molecular complexity index is 1570. The maximum atomic E-state index is 14.1. The van der Waals surface area contributed by atoms with Gasteiger partial charge < -0.3 is 4.74 Å². The minimum Gasteiger partial charge on any atom is -0.456 e. The minimum absolute atomic E-state index is 0.224. The SMILES string of the molecule is Cc1cc(C)c2cc3c(c(C)c2c1)-c1c2c(cc4ccc(F)cc4c2cc[n+]1C)O3. The highest BCUT2D eigenvalue weighted by Crippen LogP contribution is 2.50. The highest BCUT2D eigenvalue weighted by molar-refractivity contribution is 6.16. The first kappa shape index (κ1) is 17.4. The van der Waals surface area contributed by atoms with Crippen molar-refractivity contribution in [3.8, 4) is 22.8 Å². The van der Waals surface area contributed by atoms with Crippen LogP contribution in [0.4, 0.5) is 4.39 Å². The number of hydrogen-bond donors (Lipinski definition) is 0. The van der Waals surface area contributed by atoms with Crippen LogP contribution in [0, 0.1) is 26.6 Å². The van der Waals surface area contributed by atoms with Crippen molar-refractivity contribution >= 4 is 32.3 Å². The largest absolute Gasteiger partial charge is 0.456 e. The molecule has 0 bridgehead atoms. The van der Waals surface area contributed by atoms with E-state index in [1.807, 2.05) is 12.1 Å². The monoisotopic (exact) mass is 394 g/mol. The van der Waals surface area contributed by atoms with E-state index >= 15 is 0 Å². The predicted octanol–water partition coefficient (Wildman–Crippen LogP) is 6.81. The van der Waals surface area contributed by atoms with E-state index in [1.165, 1.54) is 33.5 Å². The Balaban J connectivity index is 1.83. The molecule has 2 heterocycles. The number of rotatable bonds is 0. The summed E-state index contributed by atoms with van der Waals surface area (Å²) in [5.74, 6) is 1.48. The van der Waals surface area contributed by atoms with Crippen molar-refractivity contribution in [3.05, 3.63) is 77.2 Å². The maximum Gasteiger partial charge on any atom is 0.228 e. The summed E-state index contributed by atoms with van der Waals surface area (Å²) in [5, 5.41) is 6.41. The van der Waals surface area contributed by atoms with Crippen LogP contribution < -0.4 is 9.30 Å². The Kier molecular flexibility index (Phi) is 3.36. The highest BCUT2D eigenvalue weighted by atomic mass is 19.1. The lowest BCUT2D eigenvalue weighted by Gasteiger charge is -2.23. The highest BCUT2D eigenvalue weighted by Gasteiger charge is 2.31. The van der Waals surface area contributed by atoms with Gasteiger partial charge in [0.1, 0.15) is 24.4 Å². The molecular formula is C27H21FNO+. The van der Waals surface area contributed by atoms with E-state index in [0.717, 1.165) is 44.3 Å². The molecule has 0 radical (unpaired) electrons. The van der Waals surface area contributed by atoms with E-state index in [9.17, 15) is 4.39 Å². The van der Waals surface area contributed by atoms with Crippen LogP contribution in [0.25, 0.3) is 43.6 Å². The van der Waals surface area contributed by atoms with Gasteiger partial charge in [-0.1, -0.05) is 23.8 Å². The fourth-order valence-corrected chi connectivity index (χ4v) is 5.10. The van der Waals surface area contributed by atoms with Crippen molar-refractivity contribution < 1.29 is 13.7 Å². The first-order chi connectivity index (χ1) is 14.4. The van der Waals surface area contributed by atoms with E-state index < -0.39 is 0 Å². The third kappa shape index (κ3) is 2.20. The van der Waals surface area contributed by atoms with Crippen LogP contribution in [0.1, 0.15) is 16.7 Å². The topological polar surface area (TPSA) is 13.1 Å². The molecule has 0 fully saturated rings. The van der Waals surface area contributed by atoms with E-state index in [-0.39, 0.29) is 5.82 Å². The molecular weight excluding hydrogens is 373 g/mol. The maximum absolute atomic E-state index is 14.1. The second-order valence-corrected chi connectivity index (χ2v) is 8.46. The van der Waals surface area contributed by atoms with Gasteiger partial charge >= 0.3 is 0 Å². The van der Waals surface area contributed by atoms with Gasteiger partial charge in [-0.15, -0.1) is 0 Å². The van der Waals surface area contributed by atoms with Crippen LogP contribution in [0.3, 0.4) is 0 Å². The molecule has 0 saturated carbocycles. The standard InChI is InChI=1S/C27H21FNO/c1-14-9-15(2)20-13-24-25(16(3)21(20)10-14)27-26-19(7-8-29(27)4)22-12-18(28)6-5-17(22)11-23(26)30-24/h5-13H,1-4H3/q+1. The summed E-state index contributed by atoms with van der Waals surface area (Å²) >= 11 is 0. The first-order valence-electron chi connectivity index (χ1n) is 10.2. The van der Waals surface area contributed by atoms with Crippen LogP contribution in [-0.2, 0) is 7.05 Å². The fourth-order valence-electron chi connectivity index (χ4n) is 5.10. The van der Waals surface area contributed by atoms with E-state index in [0.29, 0.717) is 0 Å². The zero-order chi connectivity index (χ0) is 20.7. The first-order valence-corrected chi connectivity index (χ1v) is 10.2. The molecule has 1 aromatic heterocycles. The molecule has 0 N–H and O–H groups in total. The quantitative estimate of drug-likeness (QED) is 0.204. The predicted molar refractivity (Wildman–Crippen MR) is 120 cm³/mol. The smallest absolute Gasteiger partial charge is 0.228 e. The summed E-state index contributed by atoms with van der Waals surface area (Å²) in [6, 6.07) is 15.7. The number of aromatic nitrogens is 1. The zero-order valence-corrected chi connectivity index (χ0v) is 17.4. The van der Waals surface area contributed by atoms with Gasteiger partial charge in [-0.25, -0.2) is 8.96 Å². The second-order valence-electron chi connectivity index (χ2n) is 8.46. The van der Waals surface area contributed by atoms with Gasteiger partial charge in [0.15, 0.2) is 6.20 Å². The van der Waals surface area contributed by atoms with Gasteiger partial charge in [-0.2, -0.15) is 0 Å². The molecule has 5 aromatic rings. The Morgan fingerprint density at radius 3 is 2.47 bits per heavy atom. The number of aryl methyl sites for hydroxylation is 4. The van der Waals surface area contributed by atoms with Crippen molar-refractivity contribution in [3.63, 3.8) is 0 Å². The minimum atomic E-state index is -0.224. The number of hydrogen-bond acceptors (Lipinski definition) is 1. The van der Waals surface area contributed by atoms with Crippen LogP contribution in [-0.4, -0.2) is 0 Å². The lowest BCUT2D eigenvalue weighted by molar-refractivity contribution is -0.659. The molecule has 0 saturated heterocycles. The van der Waals surface area contributed by atoms with Crippen LogP contribution in [0.15, 0.2) is 54.7 Å². The van der Waals surface area contributed by atoms with Crippen molar-refractivity contribution in [1.82, 2.24) is 0 Å². The summed E-state index contributed by atoms with van der Waals surface area (Å²) in [5.41, 5.74) is 5.95. The third-order valence-corrected chi connectivity index (χ3v) is 6.45. The number of benzene rings is 4. The van der Waals surface area contributed by atoms with Crippen LogP contribution >= 0.6 is 0 Å². The average molecular weight is 394 g/mol. The molecule has 0 unspecified atom stereocenters. The molecule has 4 aromatic carbocycles. The van der Waals surface area contributed by atoms with Crippen LogP contribution in [0.2, 0.25) is 0 Å². The van der Waals surface area contributed by atoms with Gasteiger partial charge in [0, 0.05) is 11.5 Å². The number of pyridine rings is 1. The van der Waals surface area contributed by atoms with Crippen molar-refractivity contribution in [1.29, 1.82) is 0 Å². The van der Waals surface area contributed by atoms with E-state index in [4.69, 9.17) is 4.74 Å². The Labute approximate surface area is 174 Å². The summed E-state index contributed by atoms with van der Waals surface area (Å²) in [4.78, 5) is 0. The van der Waals surface area contributed by atoms with Crippen molar-refractivity contribution in [2.24, 2.45) is 7.05 Å². The van der Waals surface area contributed by atoms with E-state index in [2.05, 4.69) is 62.8 Å². The van der Waals surface area contributed by atoms with Crippen LogP contribution in [0.5, 0.6) is 11.5 Å². The molecule has 0 aliphatic carbocycles. The molecule has 1 aliphatic rings. The summed E-state index contributed by atoms with van der Waals surface area (Å²) < 4.78 is 22.7. The fraction of sp³-hybridized carbons (Fsp3) is 0.148. The molecule has 30 heavy (non-hydrogen) atoms. The summed E-state index contributed by atoms with van der Waals surface area (Å²) in [7, 11) is 2.06. The molecule has 0 spiro atoms.